The smallest absolute Gasteiger partial charge is 0.265 e. The van der Waals surface area contributed by atoms with Gasteiger partial charge in [-0.25, -0.2) is 0 Å². The molecular formula is C14H11N3O2S. The molecule has 2 N–H and O–H groups in total. The number of benzene rings is 1. The largest absolute Gasteiger partial charge is 0.323 e. The zero-order chi connectivity index (χ0) is 14.4. The van der Waals surface area contributed by atoms with Crippen molar-refractivity contribution in [2.75, 3.05) is 10.6 Å². The van der Waals surface area contributed by atoms with Crippen molar-refractivity contribution in [2.24, 2.45) is 0 Å². The second kappa shape index (κ2) is 6.50. The molecule has 0 radical (unpaired) electrons. The van der Waals surface area contributed by atoms with Gasteiger partial charge >= 0.3 is 0 Å². The number of thiophene rings is 1. The molecule has 5 nitrogen and oxygen atoms in total. The minimum atomic E-state index is -0.412. The van der Waals surface area contributed by atoms with E-state index in [2.05, 4.69) is 10.6 Å². The summed E-state index contributed by atoms with van der Waals surface area (Å²) >= 11 is 1.34. The molecule has 0 aliphatic rings. The van der Waals surface area contributed by atoms with Crippen LogP contribution in [0.4, 0.5) is 11.4 Å². The van der Waals surface area contributed by atoms with Crippen LogP contribution in [0.15, 0.2) is 41.8 Å². The summed E-state index contributed by atoms with van der Waals surface area (Å²) in [6, 6.07) is 12.1. The fourth-order valence-electron chi connectivity index (χ4n) is 1.56. The Kier molecular flexibility index (Phi) is 4.47. The predicted molar refractivity (Wildman–Crippen MR) is 77.6 cm³/mol. The summed E-state index contributed by atoms with van der Waals surface area (Å²) in [7, 11) is 0. The lowest BCUT2D eigenvalue weighted by molar-refractivity contribution is -0.115. The second-order valence-corrected chi connectivity index (χ2v) is 4.81. The number of hydrogen-bond acceptors (Lipinski definition) is 4. The van der Waals surface area contributed by atoms with Crippen LogP contribution in [0, 0.1) is 11.3 Å². The SMILES string of the molecule is N#CCC(=O)Nc1ccccc1NC(=O)c1cccs1. The van der Waals surface area contributed by atoms with Crippen molar-refractivity contribution in [3.05, 3.63) is 46.7 Å². The molecule has 0 unspecified atom stereocenters. The molecule has 0 bridgehead atoms. The molecule has 0 saturated carbocycles. The van der Waals surface area contributed by atoms with Crippen LogP contribution in [0.3, 0.4) is 0 Å². The third-order valence-corrected chi connectivity index (χ3v) is 3.30. The van der Waals surface area contributed by atoms with Gasteiger partial charge < -0.3 is 10.6 Å². The lowest BCUT2D eigenvalue weighted by atomic mass is 10.2. The number of nitrogens with one attached hydrogen (secondary N) is 2. The fraction of sp³-hybridized carbons (Fsp3) is 0.0714. The topological polar surface area (TPSA) is 82.0 Å². The van der Waals surface area contributed by atoms with Crippen molar-refractivity contribution in [1.82, 2.24) is 0 Å². The van der Waals surface area contributed by atoms with E-state index < -0.39 is 5.91 Å². The molecule has 6 heteroatoms. The Morgan fingerprint density at radius 1 is 1.10 bits per heavy atom. The summed E-state index contributed by atoms with van der Waals surface area (Å²) < 4.78 is 0. The maximum absolute atomic E-state index is 12.0. The molecule has 0 saturated heterocycles. The first-order valence-corrected chi connectivity index (χ1v) is 6.69. The van der Waals surface area contributed by atoms with E-state index in [0.717, 1.165) is 0 Å². The van der Waals surface area contributed by atoms with Crippen LogP contribution >= 0.6 is 11.3 Å². The average molecular weight is 285 g/mol. The van der Waals surface area contributed by atoms with E-state index in [1.54, 1.807) is 42.5 Å². The fourth-order valence-corrected chi connectivity index (χ4v) is 2.18. The van der Waals surface area contributed by atoms with Crippen LogP contribution < -0.4 is 10.6 Å². The lowest BCUT2D eigenvalue weighted by Gasteiger charge is -2.10. The number of anilines is 2. The monoisotopic (exact) mass is 285 g/mol. The van der Waals surface area contributed by atoms with Crippen molar-refractivity contribution in [3.8, 4) is 6.07 Å². The van der Waals surface area contributed by atoms with Gasteiger partial charge in [-0.05, 0) is 23.6 Å². The summed E-state index contributed by atoms with van der Waals surface area (Å²) in [5, 5.41) is 15.6. The Labute approximate surface area is 119 Å². The first-order chi connectivity index (χ1) is 9.70. The van der Waals surface area contributed by atoms with Gasteiger partial charge in [0.25, 0.3) is 5.91 Å². The van der Waals surface area contributed by atoms with Gasteiger partial charge in [-0.1, -0.05) is 18.2 Å². The molecule has 2 amide bonds. The maximum atomic E-state index is 12.0. The van der Waals surface area contributed by atoms with Gasteiger partial charge in [0.05, 0.1) is 22.3 Å². The highest BCUT2D eigenvalue weighted by molar-refractivity contribution is 7.12. The minimum absolute atomic E-state index is 0.229. The number of carbonyl (C=O) groups is 2. The zero-order valence-electron chi connectivity index (χ0n) is 10.4. The number of carbonyl (C=O) groups excluding carboxylic acids is 2. The number of amides is 2. The zero-order valence-corrected chi connectivity index (χ0v) is 11.2. The van der Waals surface area contributed by atoms with Crippen molar-refractivity contribution in [3.63, 3.8) is 0 Å². The molecule has 2 rings (SSSR count). The van der Waals surface area contributed by atoms with E-state index >= 15 is 0 Å². The molecule has 1 aromatic carbocycles. The number of rotatable bonds is 4. The molecule has 0 aliphatic heterocycles. The van der Waals surface area contributed by atoms with E-state index in [0.29, 0.717) is 16.3 Å². The maximum Gasteiger partial charge on any atom is 0.265 e. The number of nitrogens with zero attached hydrogens (tertiary/aromatic N) is 1. The highest BCUT2D eigenvalue weighted by atomic mass is 32.1. The molecule has 1 heterocycles. The molecule has 1 aromatic heterocycles. The van der Waals surface area contributed by atoms with Crippen LogP contribution in [0.1, 0.15) is 16.1 Å². The molecule has 100 valence electrons. The molecule has 0 aliphatic carbocycles. The van der Waals surface area contributed by atoms with Gasteiger partial charge in [-0.3, -0.25) is 9.59 Å². The van der Waals surface area contributed by atoms with Crippen molar-refractivity contribution in [2.45, 2.75) is 6.42 Å². The second-order valence-electron chi connectivity index (χ2n) is 3.86. The van der Waals surface area contributed by atoms with E-state index in [9.17, 15) is 9.59 Å². The van der Waals surface area contributed by atoms with Crippen LogP contribution in [0.25, 0.3) is 0 Å². The summed E-state index contributed by atoms with van der Waals surface area (Å²) in [5.41, 5.74) is 0.967. The average Bonchev–Trinajstić information content (AvgIpc) is 2.95. The highest BCUT2D eigenvalue weighted by Gasteiger charge is 2.11. The first-order valence-electron chi connectivity index (χ1n) is 5.81. The standard InChI is InChI=1S/C14H11N3O2S/c15-8-7-13(18)16-10-4-1-2-5-11(10)17-14(19)12-6-3-9-20-12/h1-6,9H,7H2,(H,16,18)(H,17,19). The summed E-state index contributed by atoms with van der Waals surface area (Å²) in [6.07, 6.45) is -0.229. The van der Waals surface area contributed by atoms with Crippen LogP contribution in [0.5, 0.6) is 0 Å². The van der Waals surface area contributed by atoms with Gasteiger partial charge in [0.2, 0.25) is 5.91 Å². The van der Waals surface area contributed by atoms with Gasteiger partial charge in [0.1, 0.15) is 6.42 Å². The van der Waals surface area contributed by atoms with Crippen LogP contribution in [-0.2, 0) is 4.79 Å². The van der Waals surface area contributed by atoms with Crippen molar-refractivity contribution in [1.29, 1.82) is 5.26 Å². The summed E-state index contributed by atoms with van der Waals surface area (Å²) in [4.78, 5) is 24.0. The summed E-state index contributed by atoms with van der Waals surface area (Å²) in [6.45, 7) is 0. The van der Waals surface area contributed by atoms with E-state index in [1.807, 2.05) is 5.38 Å². The third-order valence-electron chi connectivity index (χ3n) is 2.43. The molecule has 0 fully saturated rings. The van der Waals surface area contributed by atoms with E-state index in [1.165, 1.54) is 11.3 Å². The lowest BCUT2D eigenvalue weighted by Crippen LogP contribution is -2.15. The van der Waals surface area contributed by atoms with Crippen LogP contribution in [-0.4, -0.2) is 11.8 Å². The highest BCUT2D eigenvalue weighted by Crippen LogP contribution is 2.22. The Morgan fingerprint density at radius 3 is 2.40 bits per heavy atom. The molecular weight excluding hydrogens is 274 g/mol. The van der Waals surface area contributed by atoms with Crippen molar-refractivity contribution >= 4 is 34.5 Å². The first kappa shape index (κ1) is 13.8. The molecule has 0 atom stereocenters. The van der Waals surface area contributed by atoms with Gasteiger partial charge in [-0.2, -0.15) is 5.26 Å². The molecule has 0 spiro atoms. The number of hydrogen-bond donors (Lipinski definition) is 2. The number of nitriles is 1. The Bertz CT molecular complexity index is 659. The Hall–Kier alpha value is -2.65. The summed E-state index contributed by atoms with van der Waals surface area (Å²) in [5.74, 6) is -0.646. The Balaban J connectivity index is 2.14. The molecule has 2 aromatic rings. The normalized spacial score (nSPS) is 9.55. The van der Waals surface area contributed by atoms with E-state index in [4.69, 9.17) is 5.26 Å². The third kappa shape index (κ3) is 3.43. The minimum Gasteiger partial charge on any atom is -0.323 e. The van der Waals surface area contributed by atoms with E-state index in [-0.39, 0.29) is 12.3 Å². The Morgan fingerprint density at radius 2 is 1.80 bits per heavy atom. The number of para-hydroxylation sites is 2. The quantitative estimate of drug-likeness (QED) is 0.906. The van der Waals surface area contributed by atoms with Crippen molar-refractivity contribution < 1.29 is 9.59 Å². The van der Waals surface area contributed by atoms with Gasteiger partial charge in [-0.15, -0.1) is 11.3 Å². The predicted octanol–water partition coefficient (Wildman–Crippen LogP) is 2.85. The van der Waals surface area contributed by atoms with Gasteiger partial charge in [0, 0.05) is 0 Å². The molecule has 20 heavy (non-hydrogen) atoms. The van der Waals surface area contributed by atoms with Crippen LogP contribution in [0.2, 0.25) is 0 Å². The van der Waals surface area contributed by atoms with Gasteiger partial charge in [0.15, 0.2) is 0 Å².